The number of benzene rings is 2. The zero-order valence-electron chi connectivity index (χ0n) is 11.8. The Morgan fingerprint density at radius 3 is 2.75 bits per heavy atom. The number of fused-ring (bicyclic) bond motifs is 1. The van der Waals surface area contributed by atoms with E-state index in [4.69, 9.17) is 10.5 Å². The van der Waals surface area contributed by atoms with Gasteiger partial charge in [0.1, 0.15) is 12.4 Å². The molecule has 0 aromatic heterocycles. The van der Waals surface area contributed by atoms with E-state index >= 15 is 0 Å². The van der Waals surface area contributed by atoms with Crippen molar-refractivity contribution < 1.29 is 4.74 Å². The number of hydrogen-bond acceptors (Lipinski definition) is 3. The van der Waals surface area contributed by atoms with Gasteiger partial charge in [-0.15, -0.1) is 0 Å². The minimum atomic E-state index is 0.336. The molecule has 1 unspecified atom stereocenters. The first-order valence-electron chi connectivity index (χ1n) is 7.07. The number of nitrogens with zero attached hydrogens (tertiary/aromatic N) is 1. The van der Waals surface area contributed by atoms with Gasteiger partial charge in [0.15, 0.2) is 0 Å². The van der Waals surface area contributed by atoms with E-state index in [9.17, 15) is 0 Å². The molecule has 3 heteroatoms. The van der Waals surface area contributed by atoms with Crippen molar-refractivity contribution in [3.8, 4) is 5.75 Å². The Morgan fingerprint density at radius 1 is 1.20 bits per heavy atom. The van der Waals surface area contributed by atoms with Crippen molar-refractivity contribution in [1.29, 1.82) is 0 Å². The normalized spacial score (nSPS) is 15.4. The maximum absolute atomic E-state index is 5.78. The Morgan fingerprint density at radius 2 is 2.00 bits per heavy atom. The number of hydrogen-bond donors (Lipinski definition) is 1. The van der Waals surface area contributed by atoms with Gasteiger partial charge in [-0.2, -0.15) is 0 Å². The molecule has 0 saturated carbocycles. The Kier molecular flexibility index (Phi) is 3.61. The number of nitrogens with two attached hydrogens (primary N) is 1. The average Bonchev–Trinajstić information content (AvgIpc) is 2.54. The minimum absolute atomic E-state index is 0.336. The van der Waals surface area contributed by atoms with E-state index < -0.39 is 0 Å². The lowest BCUT2D eigenvalue weighted by atomic mass is 10.0. The van der Waals surface area contributed by atoms with E-state index in [1.165, 1.54) is 5.56 Å². The molecule has 104 valence electrons. The topological polar surface area (TPSA) is 38.5 Å². The first-order valence-corrected chi connectivity index (χ1v) is 7.07. The van der Waals surface area contributed by atoms with Gasteiger partial charge >= 0.3 is 0 Å². The van der Waals surface area contributed by atoms with Crippen LogP contribution in [-0.2, 0) is 6.54 Å². The molecule has 0 saturated heterocycles. The molecule has 1 heterocycles. The van der Waals surface area contributed by atoms with E-state index in [0.717, 1.165) is 30.2 Å². The molecule has 2 aromatic carbocycles. The lowest BCUT2D eigenvalue weighted by Gasteiger charge is -2.36. The van der Waals surface area contributed by atoms with Gasteiger partial charge in [0.2, 0.25) is 0 Å². The van der Waals surface area contributed by atoms with Gasteiger partial charge in [0.05, 0.1) is 18.3 Å². The van der Waals surface area contributed by atoms with Gasteiger partial charge in [0.25, 0.3) is 0 Å². The molecule has 20 heavy (non-hydrogen) atoms. The van der Waals surface area contributed by atoms with Gasteiger partial charge < -0.3 is 15.4 Å². The van der Waals surface area contributed by atoms with Gasteiger partial charge in [-0.25, -0.2) is 0 Å². The van der Waals surface area contributed by atoms with Crippen LogP contribution in [0.2, 0.25) is 0 Å². The number of rotatable bonds is 3. The van der Waals surface area contributed by atoms with Crippen LogP contribution in [0.3, 0.4) is 0 Å². The molecule has 1 aliphatic heterocycles. The highest BCUT2D eigenvalue weighted by atomic mass is 16.5. The molecule has 2 N–H and O–H groups in total. The van der Waals surface area contributed by atoms with Crippen molar-refractivity contribution >= 4 is 5.69 Å². The largest absolute Gasteiger partial charge is 0.490 e. The van der Waals surface area contributed by atoms with E-state index in [0.29, 0.717) is 12.6 Å². The summed E-state index contributed by atoms with van der Waals surface area (Å²) in [6, 6.07) is 17.2. The summed E-state index contributed by atoms with van der Waals surface area (Å²) in [5.41, 5.74) is 9.29. The molecule has 0 radical (unpaired) electrons. The van der Waals surface area contributed by atoms with Crippen LogP contribution in [0.15, 0.2) is 48.5 Å². The van der Waals surface area contributed by atoms with Crippen molar-refractivity contribution in [3.63, 3.8) is 0 Å². The lowest BCUT2D eigenvalue weighted by Crippen LogP contribution is -2.35. The summed E-state index contributed by atoms with van der Waals surface area (Å²) in [6.07, 6.45) is 0. The van der Waals surface area contributed by atoms with Crippen LogP contribution in [0.25, 0.3) is 0 Å². The summed E-state index contributed by atoms with van der Waals surface area (Å²) in [6.45, 7) is 4.41. The van der Waals surface area contributed by atoms with Crippen LogP contribution in [0.5, 0.6) is 5.75 Å². The molecule has 2 aromatic rings. The smallest absolute Gasteiger partial charge is 0.143 e. The Hall–Kier alpha value is -2.00. The van der Waals surface area contributed by atoms with Gasteiger partial charge in [-0.05, 0) is 30.2 Å². The van der Waals surface area contributed by atoms with Crippen LogP contribution in [0, 0.1) is 0 Å². The van der Waals surface area contributed by atoms with Gasteiger partial charge in [-0.1, -0.05) is 36.4 Å². The fourth-order valence-electron chi connectivity index (χ4n) is 2.73. The van der Waals surface area contributed by atoms with Crippen molar-refractivity contribution in [2.24, 2.45) is 5.73 Å². The standard InChI is InChI=1S/C17H20N2O/c1-13(15-5-3-2-4-6-15)19-9-10-20-17-11-14(12-18)7-8-16(17)19/h2-8,11,13H,9-10,12,18H2,1H3. The molecular weight excluding hydrogens is 248 g/mol. The van der Waals surface area contributed by atoms with E-state index in [-0.39, 0.29) is 0 Å². The van der Waals surface area contributed by atoms with Gasteiger partial charge in [-0.3, -0.25) is 0 Å². The number of anilines is 1. The highest BCUT2D eigenvalue weighted by Gasteiger charge is 2.23. The van der Waals surface area contributed by atoms with Crippen LogP contribution >= 0.6 is 0 Å². The summed E-state index contributed by atoms with van der Waals surface area (Å²) < 4.78 is 5.78. The third kappa shape index (κ3) is 2.37. The second kappa shape index (κ2) is 5.55. The Bertz CT molecular complexity index is 583. The first kappa shape index (κ1) is 13.0. The van der Waals surface area contributed by atoms with Crippen molar-refractivity contribution in [1.82, 2.24) is 0 Å². The van der Waals surface area contributed by atoms with Gasteiger partial charge in [0, 0.05) is 6.54 Å². The van der Waals surface area contributed by atoms with Crippen LogP contribution < -0.4 is 15.4 Å². The lowest BCUT2D eigenvalue weighted by molar-refractivity contribution is 0.301. The Labute approximate surface area is 120 Å². The minimum Gasteiger partial charge on any atom is -0.490 e. The molecule has 0 aliphatic carbocycles. The molecule has 0 spiro atoms. The van der Waals surface area contributed by atoms with E-state index in [1.807, 2.05) is 0 Å². The molecule has 1 aliphatic rings. The monoisotopic (exact) mass is 268 g/mol. The third-order valence-electron chi connectivity index (χ3n) is 3.91. The van der Waals surface area contributed by atoms with Crippen LogP contribution in [0.1, 0.15) is 24.1 Å². The van der Waals surface area contributed by atoms with E-state index in [1.54, 1.807) is 0 Å². The van der Waals surface area contributed by atoms with Crippen molar-refractivity contribution in [2.45, 2.75) is 19.5 Å². The molecule has 1 atom stereocenters. The summed E-state index contributed by atoms with van der Waals surface area (Å²) in [5.74, 6) is 0.946. The predicted molar refractivity (Wildman–Crippen MR) is 82.0 cm³/mol. The second-order valence-electron chi connectivity index (χ2n) is 5.13. The molecule has 0 amide bonds. The maximum atomic E-state index is 5.78. The molecule has 0 fully saturated rings. The first-order chi connectivity index (χ1) is 9.79. The zero-order valence-corrected chi connectivity index (χ0v) is 11.8. The second-order valence-corrected chi connectivity index (χ2v) is 5.13. The molecule has 3 rings (SSSR count). The van der Waals surface area contributed by atoms with Crippen molar-refractivity contribution in [2.75, 3.05) is 18.1 Å². The predicted octanol–water partition coefficient (Wildman–Crippen LogP) is 3.11. The fraction of sp³-hybridized carbons (Fsp3) is 0.294. The zero-order chi connectivity index (χ0) is 13.9. The van der Waals surface area contributed by atoms with Crippen LogP contribution in [0.4, 0.5) is 5.69 Å². The van der Waals surface area contributed by atoms with Crippen molar-refractivity contribution in [3.05, 3.63) is 59.7 Å². The summed E-state index contributed by atoms with van der Waals surface area (Å²) in [4.78, 5) is 2.40. The highest BCUT2D eigenvalue weighted by Crippen LogP contribution is 2.37. The van der Waals surface area contributed by atoms with E-state index in [2.05, 4.69) is 60.4 Å². The fourth-order valence-corrected chi connectivity index (χ4v) is 2.73. The average molecular weight is 268 g/mol. The summed E-state index contributed by atoms with van der Waals surface area (Å²) >= 11 is 0. The molecular formula is C17H20N2O. The summed E-state index contributed by atoms with van der Waals surface area (Å²) in [5, 5.41) is 0. The molecule has 0 bridgehead atoms. The quantitative estimate of drug-likeness (QED) is 0.929. The maximum Gasteiger partial charge on any atom is 0.143 e. The highest BCUT2D eigenvalue weighted by molar-refractivity contribution is 5.62. The number of ether oxygens (including phenoxy) is 1. The SMILES string of the molecule is CC(c1ccccc1)N1CCOc2cc(CN)ccc21. The summed E-state index contributed by atoms with van der Waals surface area (Å²) in [7, 11) is 0. The van der Waals surface area contributed by atoms with Crippen LogP contribution in [-0.4, -0.2) is 13.2 Å². The third-order valence-corrected chi connectivity index (χ3v) is 3.91. The molecule has 3 nitrogen and oxygen atoms in total. The Balaban J connectivity index is 1.93.